The average Bonchev–Trinajstić information content (AvgIpc) is 3.01. The number of halogens is 1. The molecule has 2 aromatic rings. The summed E-state index contributed by atoms with van der Waals surface area (Å²) in [5.74, 6) is 0.0407. The lowest BCUT2D eigenvalue weighted by Crippen LogP contribution is -2.40. The molecule has 2 heterocycles. The number of nitrogens with zero attached hydrogens (tertiary/aromatic N) is 3. The molecule has 144 valence electrons. The first kappa shape index (κ1) is 19.2. The minimum atomic E-state index is 0.0407. The van der Waals surface area contributed by atoms with Crippen LogP contribution in [0.4, 0.5) is 5.69 Å². The molecule has 1 amide bonds. The summed E-state index contributed by atoms with van der Waals surface area (Å²) in [6, 6.07) is 11.9. The van der Waals surface area contributed by atoms with Crippen LogP contribution in [-0.4, -0.2) is 27.0 Å². The van der Waals surface area contributed by atoms with Crippen molar-refractivity contribution >= 4 is 46.2 Å². The Labute approximate surface area is 174 Å². The summed E-state index contributed by atoms with van der Waals surface area (Å²) in [5.41, 5.74) is 2.80. The van der Waals surface area contributed by atoms with Gasteiger partial charge in [0.2, 0.25) is 0 Å². The molecular formula is C22H22ClN3OS. The number of amides is 1. The molecule has 28 heavy (non-hydrogen) atoms. The second-order valence-corrected chi connectivity index (χ2v) is 8.51. The summed E-state index contributed by atoms with van der Waals surface area (Å²) in [4.78, 5) is 24.7. The zero-order valence-electron chi connectivity index (χ0n) is 15.8. The number of amidine groups is 1. The summed E-state index contributed by atoms with van der Waals surface area (Å²) in [6.45, 7) is 2.06. The molecule has 2 aliphatic rings. The van der Waals surface area contributed by atoms with Crippen molar-refractivity contribution < 1.29 is 4.79 Å². The second kappa shape index (κ2) is 8.50. The highest BCUT2D eigenvalue weighted by Crippen LogP contribution is 2.39. The van der Waals surface area contributed by atoms with Crippen molar-refractivity contribution in [1.82, 2.24) is 9.88 Å². The van der Waals surface area contributed by atoms with Crippen LogP contribution in [0.1, 0.15) is 43.2 Å². The second-order valence-electron chi connectivity index (χ2n) is 7.14. The van der Waals surface area contributed by atoms with Crippen molar-refractivity contribution in [3.8, 4) is 0 Å². The van der Waals surface area contributed by atoms with E-state index in [2.05, 4.69) is 18.0 Å². The molecule has 0 radical (unpaired) electrons. The summed E-state index contributed by atoms with van der Waals surface area (Å²) in [7, 11) is 0. The molecular weight excluding hydrogens is 390 g/mol. The number of aromatic nitrogens is 1. The van der Waals surface area contributed by atoms with Gasteiger partial charge in [-0.3, -0.25) is 9.69 Å². The molecule has 4 nitrogen and oxygen atoms in total. The highest BCUT2D eigenvalue weighted by Gasteiger charge is 2.38. The number of rotatable bonds is 3. The SMILES string of the molecule is Cc1ccccc1/C=C1\SC(=Nc2cccnc2Cl)N(C2CCCCC2)C1=O. The van der Waals surface area contributed by atoms with Crippen molar-refractivity contribution in [1.29, 1.82) is 0 Å². The lowest BCUT2D eigenvalue weighted by atomic mass is 9.94. The Morgan fingerprint density at radius 1 is 1.18 bits per heavy atom. The Bertz CT molecular complexity index is 950. The topological polar surface area (TPSA) is 45.6 Å². The average molecular weight is 412 g/mol. The number of carbonyl (C=O) groups excluding carboxylic acids is 1. The van der Waals surface area contributed by atoms with Gasteiger partial charge < -0.3 is 0 Å². The molecule has 1 aliphatic carbocycles. The molecule has 0 atom stereocenters. The predicted octanol–water partition coefficient (Wildman–Crippen LogP) is 5.98. The Hall–Kier alpha value is -2.11. The third kappa shape index (κ3) is 4.01. The van der Waals surface area contributed by atoms with Crippen LogP contribution in [0, 0.1) is 6.92 Å². The lowest BCUT2D eigenvalue weighted by molar-refractivity contribution is -0.124. The maximum absolute atomic E-state index is 13.3. The van der Waals surface area contributed by atoms with Gasteiger partial charge in [0, 0.05) is 12.2 Å². The maximum atomic E-state index is 13.3. The first-order valence-corrected chi connectivity index (χ1v) is 10.8. The van der Waals surface area contributed by atoms with E-state index in [0.29, 0.717) is 20.9 Å². The Balaban J connectivity index is 1.73. The van der Waals surface area contributed by atoms with Gasteiger partial charge in [-0.15, -0.1) is 0 Å². The van der Waals surface area contributed by atoms with Gasteiger partial charge in [-0.05, 0) is 60.9 Å². The number of hydrogen-bond donors (Lipinski definition) is 0. The van der Waals surface area contributed by atoms with Crippen molar-refractivity contribution in [2.45, 2.75) is 45.1 Å². The van der Waals surface area contributed by atoms with Gasteiger partial charge in [0.15, 0.2) is 10.3 Å². The summed E-state index contributed by atoms with van der Waals surface area (Å²) in [5, 5.41) is 1.05. The first-order chi connectivity index (χ1) is 13.6. The molecule has 0 spiro atoms. The largest absolute Gasteiger partial charge is 0.283 e. The van der Waals surface area contributed by atoms with Crippen LogP contribution in [-0.2, 0) is 4.79 Å². The molecule has 0 bridgehead atoms. The summed E-state index contributed by atoms with van der Waals surface area (Å²) < 4.78 is 0. The summed E-state index contributed by atoms with van der Waals surface area (Å²) in [6.07, 6.45) is 9.19. The van der Waals surface area contributed by atoms with E-state index < -0.39 is 0 Å². The van der Waals surface area contributed by atoms with E-state index in [-0.39, 0.29) is 11.9 Å². The third-order valence-corrected chi connectivity index (χ3v) is 6.48. The number of hydrogen-bond acceptors (Lipinski definition) is 4. The minimum Gasteiger partial charge on any atom is -0.283 e. The quantitative estimate of drug-likeness (QED) is 0.461. The van der Waals surface area contributed by atoms with E-state index >= 15 is 0 Å². The van der Waals surface area contributed by atoms with E-state index in [4.69, 9.17) is 16.6 Å². The van der Waals surface area contributed by atoms with Crippen LogP contribution >= 0.6 is 23.4 Å². The van der Waals surface area contributed by atoms with Crippen LogP contribution in [0.3, 0.4) is 0 Å². The van der Waals surface area contributed by atoms with E-state index in [1.54, 1.807) is 6.20 Å². The van der Waals surface area contributed by atoms with Gasteiger partial charge in [-0.2, -0.15) is 0 Å². The highest BCUT2D eigenvalue weighted by molar-refractivity contribution is 8.18. The van der Waals surface area contributed by atoms with E-state index in [1.807, 2.05) is 41.3 Å². The number of carbonyl (C=O) groups is 1. The number of aryl methyl sites for hydroxylation is 1. The molecule has 1 aromatic carbocycles. The zero-order valence-corrected chi connectivity index (χ0v) is 17.3. The summed E-state index contributed by atoms with van der Waals surface area (Å²) >= 11 is 7.64. The monoisotopic (exact) mass is 411 g/mol. The maximum Gasteiger partial charge on any atom is 0.267 e. The predicted molar refractivity (Wildman–Crippen MR) is 117 cm³/mol. The lowest BCUT2D eigenvalue weighted by Gasteiger charge is -2.30. The molecule has 1 aromatic heterocycles. The molecule has 1 aliphatic heterocycles. The molecule has 2 fully saturated rings. The van der Waals surface area contributed by atoms with E-state index in [0.717, 1.165) is 36.8 Å². The third-order valence-electron chi connectivity index (χ3n) is 5.21. The number of thioether (sulfide) groups is 1. The van der Waals surface area contributed by atoms with Gasteiger partial charge in [0.05, 0.1) is 4.91 Å². The van der Waals surface area contributed by atoms with Crippen molar-refractivity contribution in [3.05, 3.63) is 63.8 Å². The fraction of sp³-hybridized carbons (Fsp3) is 0.318. The molecule has 1 saturated heterocycles. The van der Waals surface area contributed by atoms with Gasteiger partial charge in [0.1, 0.15) is 5.69 Å². The Morgan fingerprint density at radius 3 is 2.71 bits per heavy atom. The normalized spacial score (nSPS) is 21.1. The molecule has 0 unspecified atom stereocenters. The van der Waals surface area contributed by atoms with Crippen molar-refractivity contribution in [2.24, 2.45) is 4.99 Å². The van der Waals surface area contributed by atoms with Gasteiger partial charge in [0.25, 0.3) is 5.91 Å². The van der Waals surface area contributed by atoms with Crippen LogP contribution in [0.5, 0.6) is 0 Å². The van der Waals surface area contributed by atoms with Gasteiger partial charge >= 0.3 is 0 Å². The van der Waals surface area contributed by atoms with Crippen LogP contribution in [0.25, 0.3) is 6.08 Å². The van der Waals surface area contributed by atoms with Crippen molar-refractivity contribution in [2.75, 3.05) is 0 Å². The molecule has 0 N–H and O–H groups in total. The minimum absolute atomic E-state index is 0.0407. The molecule has 4 rings (SSSR count). The van der Waals surface area contributed by atoms with Crippen molar-refractivity contribution in [3.63, 3.8) is 0 Å². The van der Waals surface area contributed by atoms with Crippen LogP contribution in [0.15, 0.2) is 52.5 Å². The number of pyridine rings is 1. The van der Waals surface area contributed by atoms with Crippen LogP contribution < -0.4 is 0 Å². The smallest absolute Gasteiger partial charge is 0.267 e. The van der Waals surface area contributed by atoms with Gasteiger partial charge in [-0.25, -0.2) is 9.98 Å². The van der Waals surface area contributed by atoms with E-state index in [1.165, 1.54) is 18.2 Å². The Kier molecular flexibility index (Phi) is 5.83. The van der Waals surface area contributed by atoms with Crippen LogP contribution in [0.2, 0.25) is 5.15 Å². The molecule has 6 heteroatoms. The fourth-order valence-electron chi connectivity index (χ4n) is 3.68. The standard InChI is InChI=1S/C22H22ClN3OS/c1-15-8-5-6-9-16(15)14-19-21(27)26(17-10-3-2-4-11-17)22(28-19)25-18-12-7-13-24-20(18)23/h5-9,12-14,17H,2-4,10-11H2,1H3/b19-14-,25-22?. The first-order valence-electron chi connectivity index (χ1n) is 9.61. The van der Waals surface area contributed by atoms with Gasteiger partial charge in [-0.1, -0.05) is 55.1 Å². The van der Waals surface area contributed by atoms with E-state index in [9.17, 15) is 4.79 Å². The number of aliphatic imine (C=N–C) groups is 1. The highest BCUT2D eigenvalue weighted by atomic mass is 35.5. The zero-order chi connectivity index (χ0) is 19.5. The number of benzene rings is 1. The molecule has 1 saturated carbocycles. The Morgan fingerprint density at radius 2 is 1.96 bits per heavy atom. The fourth-order valence-corrected chi connectivity index (χ4v) is 4.88.